The SMILES string of the molecule is Nc1cc(Br)cc(Br)c1NC(=O)c1ccc(O)c(Cl)c1. The van der Waals surface area contributed by atoms with Crippen LogP contribution in [0.2, 0.25) is 5.02 Å². The van der Waals surface area contributed by atoms with Crippen LogP contribution in [0.4, 0.5) is 11.4 Å². The molecule has 0 saturated heterocycles. The molecular formula is C13H9Br2ClN2O2. The molecule has 0 spiro atoms. The lowest BCUT2D eigenvalue weighted by molar-refractivity contribution is 0.102. The molecule has 20 heavy (non-hydrogen) atoms. The minimum absolute atomic E-state index is 0.0763. The lowest BCUT2D eigenvalue weighted by Gasteiger charge is -2.11. The Balaban J connectivity index is 2.30. The summed E-state index contributed by atoms with van der Waals surface area (Å²) < 4.78 is 1.45. The molecule has 2 aromatic rings. The molecule has 0 atom stereocenters. The van der Waals surface area contributed by atoms with Gasteiger partial charge < -0.3 is 16.2 Å². The van der Waals surface area contributed by atoms with Crippen molar-refractivity contribution < 1.29 is 9.90 Å². The summed E-state index contributed by atoms with van der Waals surface area (Å²) >= 11 is 12.4. The van der Waals surface area contributed by atoms with E-state index in [2.05, 4.69) is 37.2 Å². The van der Waals surface area contributed by atoms with Crippen LogP contribution in [0.15, 0.2) is 39.3 Å². The van der Waals surface area contributed by atoms with Gasteiger partial charge in [-0.1, -0.05) is 27.5 Å². The third kappa shape index (κ3) is 3.26. The summed E-state index contributed by atoms with van der Waals surface area (Å²) in [7, 11) is 0. The predicted octanol–water partition coefficient (Wildman–Crippen LogP) is 4.41. The van der Waals surface area contributed by atoms with Gasteiger partial charge in [0.1, 0.15) is 5.75 Å². The van der Waals surface area contributed by atoms with Crippen molar-refractivity contribution in [2.45, 2.75) is 0 Å². The van der Waals surface area contributed by atoms with Crippen LogP contribution >= 0.6 is 43.5 Å². The van der Waals surface area contributed by atoms with Crippen molar-refractivity contribution in [3.63, 3.8) is 0 Å². The first-order valence-corrected chi connectivity index (χ1v) is 7.39. The first-order valence-electron chi connectivity index (χ1n) is 5.43. The molecule has 0 bridgehead atoms. The number of aromatic hydroxyl groups is 1. The van der Waals surface area contributed by atoms with E-state index >= 15 is 0 Å². The first kappa shape index (κ1) is 15.2. The number of nitrogen functional groups attached to an aromatic ring is 1. The van der Waals surface area contributed by atoms with Crippen molar-refractivity contribution >= 4 is 60.7 Å². The Bertz CT molecular complexity index is 669. The smallest absolute Gasteiger partial charge is 0.255 e. The monoisotopic (exact) mass is 418 g/mol. The summed E-state index contributed by atoms with van der Waals surface area (Å²) in [6.07, 6.45) is 0. The number of hydrogen-bond donors (Lipinski definition) is 3. The average Bonchev–Trinajstić information content (AvgIpc) is 2.36. The molecule has 0 radical (unpaired) electrons. The Morgan fingerprint density at radius 3 is 2.55 bits per heavy atom. The summed E-state index contributed by atoms with van der Waals surface area (Å²) in [5.74, 6) is -0.450. The highest BCUT2D eigenvalue weighted by atomic mass is 79.9. The molecule has 0 heterocycles. The highest BCUT2D eigenvalue weighted by molar-refractivity contribution is 9.11. The van der Waals surface area contributed by atoms with E-state index in [4.69, 9.17) is 17.3 Å². The van der Waals surface area contributed by atoms with E-state index in [9.17, 15) is 9.90 Å². The number of nitrogens with one attached hydrogen (secondary N) is 1. The lowest BCUT2D eigenvalue weighted by Crippen LogP contribution is -2.13. The molecule has 0 fully saturated rings. The van der Waals surface area contributed by atoms with Crippen LogP contribution in [0, 0.1) is 0 Å². The van der Waals surface area contributed by atoms with Gasteiger partial charge >= 0.3 is 0 Å². The lowest BCUT2D eigenvalue weighted by atomic mass is 10.2. The molecule has 104 valence electrons. The number of phenolic OH excluding ortho intramolecular Hbond substituents is 1. The van der Waals surface area contributed by atoms with E-state index in [-0.39, 0.29) is 16.7 Å². The Morgan fingerprint density at radius 2 is 1.95 bits per heavy atom. The summed E-state index contributed by atoms with van der Waals surface area (Å²) in [5, 5.41) is 12.1. The van der Waals surface area contributed by atoms with Crippen LogP contribution in [-0.2, 0) is 0 Å². The van der Waals surface area contributed by atoms with E-state index in [1.807, 2.05) is 0 Å². The molecule has 2 aromatic carbocycles. The van der Waals surface area contributed by atoms with Gasteiger partial charge in [-0.05, 0) is 46.3 Å². The first-order chi connectivity index (χ1) is 9.38. The number of halogens is 3. The summed E-state index contributed by atoms with van der Waals surface area (Å²) in [6, 6.07) is 7.67. The highest BCUT2D eigenvalue weighted by Gasteiger charge is 2.13. The average molecular weight is 420 g/mol. The standard InChI is InChI=1S/C13H9Br2ClN2O2/c14-7-4-8(15)12(10(17)5-7)18-13(20)6-1-2-11(19)9(16)3-6/h1-5,19H,17H2,(H,18,20). The highest BCUT2D eigenvalue weighted by Crippen LogP contribution is 2.33. The number of benzene rings is 2. The van der Waals surface area contributed by atoms with Crippen LogP contribution in [-0.4, -0.2) is 11.0 Å². The molecule has 0 aliphatic rings. The normalized spacial score (nSPS) is 10.3. The van der Waals surface area contributed by atoms with E-state index in [1.54, 1.807) is 12.1 Å². The molecule has 0 aliphatic heterocycles. The van der Waals surface area contributed by atoms with Gasteiger partial charge in [-0.15, -0.1) is 0 Å². The largest absolute Gasteiger partial charge is 0.506 e. The Hall–Kier alpha value is -1.24. The van der Waals surface area contributed by atoms with Crippen LogP contribution < -0.4 is 11.1 Å². The molecule has 4 N–H and O–H groups in total. The van der Waals surface area contributed by atoms with Gasteiger partial charge in [0.25, 0.3) is 5.91 Å². The zero-order valence-electron chi connectivity index (χ0n) is 9.95. The Kier molecular flexibility index (Phi) is 4.57. The van der Waals surface area contributed by atoms with Gasteiger partial charge in [0.05, 0.1) is 16.4 Å². The van der Waals surface area contributed by atoms with Crippen molar-refractivity contribution in [1.82, 2.24) is 0 Å². The molecule has 2 rings (SSSR count). The van der Waals surface area contributed by atoms with Gasteiger partial charge in [0.15, 0.2) is 0 Å². The third-order valence-electron chi connectivity index (χ3n) is 2.53. The van der Waals surface area contributed by atoms with E-state index < -0.39 is 0 Å². The van der Waals surface area contributed by atoms with E-state index in [1.165, 1.54) is 18.2 Å². The second kappa shape index (κ2) is 6.03. The Morgan fingerprint density at radius 1 is 1.25 bits per heavy atom. The van der Waals surface area contributed by atoms with Crippen molar-refractivity contribution in [3.8, 4) is 5.75 Å². The van der Waals surface area contributed by atoms with Gasteiger partial charge in [-0.3, -0.25) is 4.79 Å². The van der Waals surface area contributed by atoms with Crippen LogP contribution in [0.5, 0.6) is 5.75 Å². The second-order valence-electron chi connectivity index (χ2n) is 3.97. The number of phenols is 1. The molecule has 0 saturated carbocycles. The maximum atomic E-state index is 12.1. The number of rotatable bonds is 2. The zero-order chi connectivity index (χ0) is 14.9. The number of carbonyl (C=O) groups excluding carboxylic acids is 1. The number of carbonyl (C=O) groups is 1. The molecule has 1 amide bonds. The van der Waals surface area contributed by atoms with Crippen molar-refractivity contribution in [2.24, 2.45) is 0 Å². The van der Waals surface area contributed by atoms with Crippen LogP contribution in [0.3, 0.4) is 0 Å². The third-order valence-corrected chi connectivity index (χ3v) is 3.92. The van der Waals surface area contributed by atoms with Crippen LogP contribution in [0.25, 0.3) is 0 Å². The number of nitrogens with two attached hydrogens (primary N) is 1. The summed E-state index contributed by atoms with van der Waals surface area (Å²) in [6.45, 7) is 0. The zero-order valence-corrected chi connectivity index (χ0v) is 13.9. The fourth-order valence-corrected chi connectivity index (χ4v) is 3.10. The van der Waals surface area contributed by atoms with Gasteiger partial charge in [0, 0.05) is 14.5 Å². The number of amides is 1. The van der Waals surface area contributed by atoms with Gasteiger partial charge in [-0.25, -0.2) is 0 Å². The van der Waals surface area contributed by atoms with Crippen molar-refractivity contribution in [1.29, 1.82) is 0 Å². The van der Waals surface area contributed by atoms with Crippen LogP contribution in [0.1, 0.15) is 10.4 Å². The van der Waals surface area contributed by atoms with Crippen molar-refractivity contribution in [2.75, 3.05) is 11.1 Å². The molecular weight excluding hydrogens is 411 g/mol. The maximum absolute atomic E-state index is 12.1. The summed E-state index contributed by atoms with van der Waals surface area (Å²) in [5.41, 5.74) is 7.08. The van der Waals surface area contributed by atoms with E-state index in [0.717, 1.165) is 4.47 Å². The minimum Gasteiger partial charge on any atom is -0.506 e. The van der Waals surface area contributed by atoms with E-state index in [0.29, 0.717) is 21.4 Å². The predicted molar refractivity (Wildman–Crippen MR) is 87.3 cm³/mol. The second-order valence-corrected chi connectivity index (χ2v) is 6.15. The fraction of sp³-hybridized carbons (Fsp3) is 0. The minimum atomic E-state index is -0.373. The maximum Gasteiger partial charge on any atom is 0.255 e. The number of hydrogen-bond acceptors (Lipinski definition) is 3. The molecule has 0 aliphatic carbocycles. The molecule has 0 aromatic heterocycles. The summed E-state index contributed by atoms with van der Waals surface area (Å²) in [4.78, 5) is 12.1. The topological polar surface area (TPSA) is 75.3 Å². The Labute approximate surface area is 137 Å². The van der Waals surface area contributed by atoms with Gasteiger partial charge in [-0.2, -0.15) is 0 Å². The quantitative estimate of drug-likeness (QED) is 0.630. The molecule has 4 nitrogen and oxygen atoms in total. The van der Waals surface area contributed by atoms with Crippen molar-refractivity contribution in [3.05, 3.63) is 49.9 Å². The fourth-order valence-electron chi connectivity index (χ4n) is 1.56. The molecule has 7 heteroatoms. The number of anilines is 2. The van der Waals surface area contributed by atoms with Gasteiger partial charge in [0.2, 0.25) is 0 Å². The molecule has 0 unspecified atom stereocenters.